The molecule has 64 valence electrons. The third kappa shape index (κ3) is 1.44. The average Bonchev–Trinajstić information content (AvgIpc) is 2.05. The standard InChI is InChI=1S/C9H12N2O/c1-6-4-7(2)9(11-12)5-8(6)10-3/h4-5,10H,1-3H3. The van der Waals surface area contributed by atoms with Crippen LogP contribution < -0.4 is 5.32 Å². The van der Waals surface area contributed by atoms with Gasteiger partial charge in [-0.3, -0.25) is 0 Å². The zero-order chi connectivity index (χ0) is 9.14. The fraction of sp³-hybridized carbons (Fsp3) is 0.333. The Balaban J connectivity index is 3.26. The lowest BCUT2D eigenvalue weighted by atomic mass is 10.1. The largest absolute Gasteiger partial charge is 0.388 e. The molecular formula is C9H12N2O. The number of benzene rings is 1. The molecule has 0 radical (unpaired) electrons. The zero-order valence-electron chi connectivity index (χ0n) is 7.51. The van der Waals surface area contributed by atoms with Crippen molar-refractivity contribution >= 4 is 11.4 Å². The summed E-state index contributed by atoms with van der Waals surface area (Å²) in [5.74, 6) is 0. The van der Waals surface area contributed by atoms with E-state index in [-0.39, 0.29) is 0 Å². The molecule has 3 nitrogen and oxygen atoms in total. The van der Waals surface area contributed by atoms with E-state index in [1.807, 2.05) is 27.0 Å². The highest BCUT2D eigenvalue weighted by Gasteiger charge is 2.02. The fourth-order valence-electron chi connectivity index (χ4n) is 1.21. The van der Waals surface area contributed by atoms with E-state index in [2.05, 4.69) is 10.5 Å². The normalized spacial score (nSPS) is 9.58. The van der Waals surface area contributed by atoms with Crippen LogP contribution in [0.4, 0.5) is 11.4 Å². The Hall–Kier alpha value is -1.38. The predicted molar refractivity (Wildman–Crippen MR) is 50.9 cm³/mol. The van der Waals surface area contributed by atoms with Crippen LogP contribution in [0.3, 0.4) is 0 Å². The Labute approximate surface area is 71.8 Å². The summed E-state index contributed by atoms with van der Waals surface area (Å²) in [4.78, 5) is 10.3. The number of hydrogen-bond acceptors (Lipinski definition) is 3. The topological polar surface area (TPSA) is 41.5 Å². The lowest BCUT2D eigenvalue weighted by Gasteiger charge is -2.06. The van der Waals surface area contributed by atoms with Crippen LogP contribution in [-0.4, -0.2) is 7.05 Å². The second kappa shape index (κ2) is 3.34. The smallest absolute Gasteiger partial charge is 0.112 e. The molecule has 0 aliphatic carbocycles. The van der Waals surface area contributed by atoms with Gasteiger partial charge in [0.1, 0.15) is 5.69 Å². The minimum absolute atomic E-state index is 0.505. The first kappa shape index (κ1) is 8.71. The Morgan fingerprint density at radius 3 is 2.42 bits per heavy atom. The number of hydrogen-bond donors (Lipinski definition) is 1. The van der Waals surface area contributed by atoms with Gasteiger partial charge in [0.15, 0.2) is 0 Å². The molecular weight excluding hydrogens is 152 g/mol. The molecule has 0 heterocycles. The second-order valence-electron chi connectivity index (χ2n) is 2.79. The summed E-state index contributed by atoms with van der Waals surface area (Å²) in [6, 6.07) is 3.71. The van der Waals surface area contributed by atoms with Gasteiger partial charge in [-0.2, -0.15) is 0 Å². The van der Waals surface area contributed by atoms with Gasteiger partial charge < -0.3 is 5.32 Å². The van der Waals surface area contributed by atoms with Crippen molar-refractivity contribution in [2.75, 3.05) is 12.4 Å². The van der Waals surface area contributed by atoms with Gasteiger partial charge in [-0.05, 0) is 36.2 Å². The lowest BCUT2D eigenvalue weighted by Crippen LogP contribution is -1.91. The Morgan fingerprint density at radius 1 is 1.25 bits per heavy atom. The van der Waals surface area contributed by atoms with Gasteiger partial charge in [-0.15, -0.1) is 4.91 Å². The maximum atomic E-state index is 10.3. The summed E-state index contributed by atoms with van der Waals surface area (Å²) >= 11 is 0. The third-order valence-corrected chi connectivity index (χ3v) is 1.91. The van der Waals surface area contributed by atoms with Crippen LogP contribution >= 0.6 is 0 Å². The van der Waals surface area contributed by atoms with Gasteiger partial charge in [0.25, 0.3) is 0 Å². The highest BCUT2D eigenvalue weighted by atomic mass is 16.3. The fourth-order valence-corrected chi connectivity index (χ4v) is 1.21. The van der Waals surface area contributed by atoms with Gasteiger partial charge in [-0.1, -0.05) is 6.07 Å². The summed E-state index contributed by atoms with van der Waals surface area (Å²) in [5.41, 5.74) is 3.50. The molecule has 0 amide bonds. The summed E-state index contributed by atoms with van der Waals surface area (Å²) < 4.78 is 0. The molecule has 0 saturated heterocycles. The molecule has 0 atom stereocenters. The molecule has 3 heteroatoms. The molecule has 0 aromatic heterocycles. The minimum atomic E-state index is 0.505. The molecule has 12 heavy (non-hydrogen) atoms. The highest BCUT2D eigenvalue weighted by Crippen LogP contribution is 2.25. The first-order chi connectivity index (χ1) is 5.69. The first-order valence-corrected chi connectivity index (χ1v) is 3.81. The Morgan fingerprint density at radius 2 is 1.92 bits per heavy atom. The van der Waals surface area contributed by atoms with E-state index in [1.165, 1.54) is 0 Å². The molecule has 0 saturated carbocycles. The highest BCUT2D eigenvalue weighted by molar-refractivity contribution is 5.62. The van der Waals surface area contributed by atoms with Crippen LogP contribution in [0.5, 0.6) is 0 Å². The van der Waals surface area contributed by atoms with Crippen LogP contribution in [0.15, 0.2) is 17.3 Å². The van der Waals surface area contributed by atoms with Crippen LogP contribution in [0.2, 0.25) is 0 Å². The van der Waals surface area contributed by atoms with E-state index >= 15 is 0 Å². The SMILES string of the molecule is CNc1cc(N=O)c(C)cc1C. The maximum absolute atomic E-state index is 10.3. The van der Waals surface area contributed by atoms with E-state index < -0.39 is 0 Å². The van der Waals surface area contributed by atoms with Crippen LogP contribution in [0.25, 0.3) is 0 Å². The third-order valence-electron chi connectivity index (χ3n) is 1.91. The van der Waals surface area contributed by atoms with Gasteiger partial charge in [-0.25, -0.2) is 0 Å². The zero-order valence-corrected chi connectivity index (χ0v) is 7.51. The molecule has 1 aromatic rings. The van der Waals surface area contributed by atoms with Crippen molar-refractivity contribution in [2.24, 2.45) is 5.18 Å². The van der Waals surface area contributed by atoms with Crippen molar-refractivity contribution in [1.82, 2.24) is 0 Å². The van der Waals surface area contributed by atoms with E-state index in [1.54, 1.807) is 6.07 Å². The minimum Gasteiger partial charge on any atom is -0.388 e. The number of nitroso groups, excluding NO2 is 1. The molecule has 0 aliphatic rings. The molecule has 0 bridgehead atoms. The monoisotopic (exact) mass is 164 g/mol. The van der Waals surface area contributed by atoms with Crippen molar-refractivity contribution in [2.45, 2.75) is 13.8 Å². The number of rotatable bonds is 2. The summed E-state index contributed by atoms with van der Waals surface area (Å²) in [5, 5.41) is 5.93. The van der Waals surface area contributed by atoms with Crippen LogP contribution in [0, 0.1) is 18.8 Å². The van der Waals surface area contributed by atoms with E-state index in [4.69, 9.17) is 0 Å². The van der Waals surface area contributed by atoms with E-state index in [0.717, 1.165) is 16.8 Å². The van der Waals surface area contributed by atoms with Crippen molar-refractivity contribution in [3.8, 4) is 0 Å². The van der Waals surface area contributed by atoms with Crippen molar-refractivity contribution < 1.29 is 0 Å². The quantitative estimate of drug-likeness (QED) is 0.683. The van der Waals surface area contributed by atoms with Crippen molar-refractivity contribution in [3.63, 3.8) is 0 Å². The molecule has 1 rings (SSSR count). The van der Waals surface area contributed by atoms with Gasteiger partial charge in [0, 0.05) is 12.7 Å². The number of nitrogens with zero attached hydrogens (tertiary/aromatic N) is 1. The number of aryl methyl sites for hydroxylation is 2. The lowest BCUT2D eigenvalue weighted by molar-refractivity contribution is 1.32. The van der Waals surface area contributed by atoms with E-state index in [9.17, 15) is 4.91 Å². The van der Waals surface area contributed by atoms with Gasteiger partial charge in [0.05, 0.1) is 0 Å². The first-order valence-electron chi connectivity index (χ1n) is 3.81. The molecule has 0 spiro atoms. The average molecular weight is 164 g/mol. The van der Waals surface area contributed by atoms with Gasteiger partial charge >= 0.3 is 0 Å². The van der Waals surface area contributed by atoms with Gasteiger partial charge in [0.2, 0.25) is 0 Å². The molecule has 0 fully saturated rings. The second-order valence-corrected chi connectivity index (χ2v) is 2.79. The molecule has 0 aliphatic heterocycles. The van der Waals surface area contributed by atoms with Crippen molar-refractivity contribution in [1.29, 1.82) is 0 Å². The predicted octanol–water partition coefficient (Wildman–Crippen LogP) is 2.74. The van der Waals surface area contributed by atoms with Crippen LogP contribution in [-0.2, 0) is 0 Å². The summed E-state index contributed by atoms with van der Waals surface area (Å²) in [7, 11) is 1.83. The molecule has 1 N–H and O–H groups in total. The summed E-state index contributed by atoms with van der Waals surface area (Å²) in [6.45, 7) is 3.87. The maximum Gasteiger partial charge on any atom is 0.112 e. The van der Waals surface area contributed by atoms with E-state index in [0.29, 0.717) is 5.69 Å². The van der Waals surface area contributed by atoms with Crippen molar-refractivity contribution in [3.05, 3.63) is 28.2 Å². The molecule has 0 unspecified atom stereocenters. The summed E-state index contributed by atoms with van der Waals surface area (Å²) in [6.07, 6.45) is 0. The Kier molecular flexibility index (Phi) is 2.43. The Bertz CT molecular complexity index is 308. The molecule has 1 aromatic carbocycles. The number of anilines is 1. The van der Waals surface area contributed by atoms with Crippen LogP contribution in [0.1, 0.15) is 11.1 Å². The number of nitrogens with one attached hydrogen (secondary N) is 1.